The van der Waals surface area contributed by atoms with Crippen molar-refractivity contribution in [2.45, 2.75) is 50.3 Å². The molecule has 0 unspecified atom stereocenters. The maximum atomic E-state index is 12.0. The Morgan fingerprint density at radius 3 is 2.83 bits per heavy atom. The van der Waals surface area contributed by atoms with Gasteiger partial charge < -0.3 is 5.32 Å². The monoisotopic (exact) mass is 282 g/mol. The Morgan fingerprint density at radius 1 is 1.50 bits per heavy atom. The van der Waals surface area contributed by atoms with Crippen molar-refractivity contribution in [1.29, 1.82) is 5.26 Å². The third-order valence-corrected chi connectivity index (χ3v) is 6.17. The zero-order valence-corrected chi connectivity index (χ0v) is 12.3. The normalized spacial score (nSPS) is 22.1. The van der Waals surface area contributed by atoms with Crippen LogP contribution < -0.4 is 5.32 Å². The lowest BCUT2D eigenvalue weighted by Gasteiger charge is -2.34. The number of hydrogen-bond acceptors (Lipinski definition) is 4. The van der Waals surface area contributed by atoms with Crippen molar-refractivity contribution in [3.05, 3.63) is 9.81 Å². The van der Waals surface area contributed by atoms with E-state index in [9.17, 15) is 4.79 Å². The number of nitriles is 1. The number of carbonyl (C=O) groups is 1. The average molecular weight is 282 g/mol. The summed E-state index contributed by atoms with van der Waals surface area (Å²) in [6, 6.07) is 2.06. The zero-order valence-electron chi connectivity index (χ0n) is 10.6. The number of amides is 1. The first-order chi connectivity index (χ1) is 8.71. The number of nitrogens with zero attached hydrogens (tertiary/aromatic N) is 1. The molecule has 1 spiro atoms. The second-order valence-electron chi connectivity index (χ2n) is 4.73. The summed E-state index contributed by atoms with van der Waals surface area (Å²) in [7, 11) is 0. The number of carbonyl (C=O) groups excluding carboxylic acids is 1. The van der Waals surface area contributed by atoms with Gasteiger partial charge in [-0.1, -0.05) is 37.9 Å². The molecule has 1 heterocycles. The van der Waals surface area contributed by atoms with Crippen molar-refractivity contribution in [3.63, 3.8) is 0 Å². The van der Waals surface area contributed by atoms with E-state index in [2.05, 4.69) is 18.3 Å². The van der Waals surface area contributed by atoms with Crippen LogP contribution in [0.5, 0.6) is 0 Å². The van der Waals surface area contributed by atoms with Gasteiger partial charge in [0.25, 0.3) is 5.91 Å². The summed E-state index contributed by atoms with van der Waals surface area (Å²) in [4.78, 5) is 11.9. The minimum absolute atomic E-state index is 0.119. The summed E-state index contributed by atoms with van der Waals surface area (Å²) < 4.78 is 0.941. The second-order valence-corrected chi connectivity index (χ2v) is 7.49. The third-order valence-electron chi connectivity index (χ3n) is 3.31. The van der Waals surface area contributed by atoms with Gasteiger partial charge in [-0.05, 0) is 25.0 Å². The Labute approximate surface area is 117 Å². The summed E-state index contributed by atoms with van der Waals surface area (Å²) >= 11 is 3.39. The molecule has 1 fully saturated rings. The first-order valence-corrected chi connectivity index (χ1v) is 8.30. The predicted octanol–water partition coefficient (Wildman–Crippen LogP) is 3.39. The van der Waals surface area contributed by atoms with Gasteiger partial charge in [0, 0.05) is 0 Å². The third kappa shape index (κ3) is 2.86. The molecule has 3 nitrogen and oxygen atoms in total. The molecule has 1 aliphatic heterocycles. The van der Waals surface area contributed by atoms with Gasteiger partial charge in [-0.3, -0.25) is 4.79 Å². The van der Waals surface area contributed by atoms with E-state index in [0.717, 1.165) is 35.7 Å². The highest BCUT2D eigenvalue weighted by Crippen LogP contribution is 2.49. The summed E-state index contributed by atoms with van der Waals surface area (Å²) in [5, 5.41) is 12.2. The fourth-order valence-electron chi connectivity index (χ4n) is 2.30. The summed E-state index contributed by atoms with van der Waals surface area (Å²) in [6.45, 7) is 2.15. The van der Waals surface area contributed by atoms with Crippen LogP contribution in [-0.4, -0.2) is 16.5 Å². The molecule has 1 saturated carbocycles. The molecule has 1 aliphatic carbocycles. The van der Waals surface area contributed by atoms with Gasteiger partial charge >= 0.3 is 0 Å². The molecular weight excluding hydrogens is 264 g/mol. The smallest absolute Gasteiger partial charge is 0.264 e. The minimum Gasteiger partial charge on any atom is -0.337 e. The van der Waals surface area contributed by atoms with Gasteiger partial charge in [0.15, 0.2) is 0 Å². The van der Waals surface area contributed by atoms with Crippen LogP contribution in [0.3, 0.4) is 0 Å². The minimum atomic E-state index is -0.169. The SMILES string of the molecule is CCCCSC1=C(C#N)C(=O)NC2(CCCC2)S1. The molecular formula is C13H18N2OS2. The maximum absolute atomic E-state index is 12.0. The van der Waals surface area contributed by atoms with Crippen molar-refractivity contribution in [3.8, 4) is 6.07 Å². The highest BCUT2D eigenvalue weighted by molar-refractivity contribution is 8.23. The van der Waals surface area contributed by atoms with Crippen molar-refractivity contribution >= 4 is 29.4 Å². The van der Waals surface area contributed by atoms with Gasteiger partial charge in [-0.2, -0.15) is 5.26 Å². The molecule has 98 valence electrons. The molecule has 1 amide bonds. The van der Waals surface area contributed by atoms with E-state index in [0.29, 0.717) is 5.57 Å². The summed E-state index contributed by atoms with van der Waals surface area (Å²) in [6.07, 6.45) is 6.66. The molecule has 1 N–H and O–H groups in total. The zero-order chi connectivity index (χ0) is 13.0. The van der Waals surface area contributed by atoms with Crippen molar-refractivity contribution < 1.29 is 4.79 Å². The maximum Gasteiger partial charge on any atom is 0.264 e. The lowest BCUT2D eigenvalue weighted by atomic mass is 10.2. The first-order valence-electron chi connectivity index (χ1n) is 6.49. The molecule has 2 rings (SSSR count). The van der Waals surface area contributed by atoms with Crippen LogP contribution in [0.2, 0.25) is 0 Å². The Hall–Kier alpha value is -0.600. The summed E-state index contributed by atoms with van der Waals surface area (Å²) in [5.41, 5.74) is 0.318. The largest absolute Gasteiger partial charge is 0.337 e. The number of unbranched alkanes of at least 4 members (excludes halogenated alkanes) is 1. The van der Waals surface area contributed by atoms with Crippen LogP contribution in [0.15, 0.2) is 9.81 Å². The van der Waals surface area contributed by atoms with Gasteiger partial charge in [0.05, 0.1) is 9.11 Å². The molecule has 0 atom stereocenters. The van der Waals surface area contributed by atoms with Gasteiger partial charge in [0.1, 0.15) is 11.6 Å². The Balaban J connectivity index is 2.15. The van der Waals surface area contributed by atoms with Crippen LogP contribution in [0.25, 0.3) is 0 Å². The van der Waals surface area contributed by atoms with E-state index in [1.165, 1.54) is 12.8 Å². The molecule has 0 saturated heterocycles. The van der Waals surface area contributed by atoms with Gasteiger partial charge in [-0.25, -0.2) is 0 Å². The number of thioether (sulfide) groups is 2. The molecule has 0 aromatic carbocycles. The topological polar surface area (TPSA) is 52.9 Å². The lowest BCUT2D eigenvalue weighted by molar-refractivity contribution is -0.118. The Morgan fingerprint density at radius 2 is 2.22 bits per heavy atom. The molecule has 0 radical (unpaired) electrons. The summed E-state index contributed by atoms with van der Waals surface area (Å²) in [5.74, 6) is 0.824. The van der Waals surface area contributed by atoms with Crippen LogP contribution >= 0.6 is 23.5 Å². The molecule has 18 heavy (non-hydrogen) atoms. The van der Waals surface area contributed by atoms with E-state index in [1.807, 2.05) is 0 Å². The Bertz CT molecular complexity index is 406. The molecule has 5 heteroatoms. The molecule has 0 aromatic rings. The van der Waals surface area contributed by atoms with Crippen LogP contribution in [-0.2, 0) is 4.79 Å². The highest BCUT2D eigenvalue weighted by atomic mass is 32.2. The van der Waals surface area contributed by atoms with Gasteiger partial charge in [0.2, 0.25) is 0 Å². The second kappa shape index (κ2) is 6.03. The first kappa shape index (κ1) is 13.8. The van der Waals surface area contributed by atoms with E-state index >= 15 is 0 Å². The van der Waals surface area contributed by atoms with Crippen LogP contribution in [0.1, 0.15) is 45.4 Å². The quantitative estimate of drug-likeness (QED) is 0.803. The van der Waals surface area contributed by atoms with Crippen LogP contribution in [0, 0.1) is 11.3 Å². The number of rotatable bonds is 4. The van der Waals surface area contributed by atoms with Gasteiger partial charge in [-0.15, -0.1) is 11.8 Å². The average Bonchev–Trinajstić information content (AvgIpc) is 2.77. The predicted molar refractivity (Wildman–Crippen MR) is 76.9 cm³/mol. The fourth-order valence-corrected chi connectivity index (χ4v) is 5.39. The lowest BCUT2D eigenvalue weighted by Crippen LogP contribution is -2.46. The fraction of sp³-hybridized carbons (Fsp3) is 0.692. The van der Waals surface area contributed by atoms with Crippen molar-refractivity contribution in [2.24, 2.45) is 0 Å². The molecule has 0 bridgehead atoms. The van der Waals surface area contributed by atoms with Crippen molar-refractivity contribution in [2.75, 3.05) is 5.75 Å². The van der Waals surface area contributed by atoms with E-state index in [-0.39, 0.29) is 10.8 Å². The standard InChI is InChI=1S/C13H18N2OS2/c1-2-3-8-17-12-10(9-14)11(16)15-13(18-12)6-4-5-7-13/h2-8H2,1H3,(H,15,16). The highest BCUT2D eigenvalue weighted by Gasteiger charge is 2.42. The number of hydrogen-bond donors (Lipinski definition) is 1. The Kier molecular flexibility index (Phi) is 4.63. The van der Waals surface area contributed by atoms with Crippen molar-refractivity contribution in [1.82, 2.24) is 5.32 Å². The van der Waals surface area contributed by atoms with E-state index in [1.54, 1.807) is 23.5 Å². The molecule has 0 aromatic heterocycles. The van der Waals surface area contributed by atoms with E-state index in [4.69, 9.17) is 5.26 Å². The van der Waals surface area contributed by atoms with Crippen LogP contribution in [0.4, 0.5) is 0 Å². The number of nitrogens with one attached hydrogen (secondary N) is 1. The van der Waals surface area contributed by atoms with E-state index < -0.39 is 0 Å². The molecule has 2 aliphatic rings.